The Balaban J connectivity index is 1.51. The number of hydrogen-bond donors (Lipinski definition) is 0. The minimum absolute atomic E-state index is 0.140. The second-order valence-electron chi connectivity index (χ2n) is 5.91. The van der Waals surface area contributed by atoms with Crippen LogP contribution >= 0.6 is 15.9 Å². The lowest BCUT2D eigenvalue weighted by Crippen LogP contribution is -2.44. The zero-order valence-electron chi connectivity index (χ0n) is 12.6. The van der Waals surface area contributed by atoms with Gasteiger partial charge in [0.05, 0.1) is 4.47 Å². The largest absolute Gasteiger partial charge is 0.473 e. The molecule has 0 radical (unpaired) electrons. The molecule has 2 heterocycles. The molecular formula is C17H21BrN2O2. The third-order valence-electron chi connectivity index (χ3n) is 4.37. The monoisotopic (exact) mass is 364 g/mol. The summed E-state index contributed by atoms with van der Waals surface area (Å²) in [5.74, 6) is 1.15. The van der Waals surface area contributed by atoms with Crippen LogP contribution in [0.2, 0.25) is 0 Å². The van der Waals surface area contributed by atoms with Gasteiger partial charge in [-0.1, -0.05) is 12.2 Å². The molecule has 2 aliphatic rings. The summed E-state index contributed by atoms with van der Waals surface area (Å²) in [6.45, 7) is 1.57. The molecule has 0 bridgehead atoms. The normalized spacial score (nSPS) is 22.6. The van der Waals surface area contributed by atoms with Gasteiger partial charge < -0.3 is 9.64 Å². The molecule has 0 aromatic carbocycles. The van der Waals surface area contributed by atoms with Crippen molar-refractivity contribution in [1.82, 2.24) is 9.88 Å². The number of carbonyl (C=O) groups excluding carboxylic acids is 1. The number of amides is 1. The fourth-order valence-corrected chi connectivity index (χ4v) is 3.43. The number of nitrogens with zero attached hydrogens (tertiary/aromatic N) is 2. The summed E-state index contributed by atoms with van der Waals surface area (Å²) in [5, 5.41) is 0. The molecule has 0 saturated carbocycles. The smallest absolute Gasteiger partial charge is 0.228 e. The zero-order valence-corrected chi connectivity index (χ0v) is 14.2. The van der Waals surface area contributed by atoms with E-state index in [1.54, 1.807) is 6.20 Å². The van der Waals surface area contributed by atoms with Crippen molar-refractivity contribution in [1.29, 1.82) is 0 Å². The predicted molar refractivity (Wildman–Crippen MR) is 88.6 cm³/mol. The highest BCUT2D eigenvalue weighted by atomic mass is 79.9. The van der Waals surface area contributed by atoms with E-state index in [2.05, 4.69) is 33.1 Å². The van der Waals surface area contributed by atoms with Crippen LogP contribution in [0.15, 0.2) is 35.0 Å². The minimum atomic E-state index is 0.140. The highest BCUT2D eigenvalue weighted by Gasteiger charge is 2.29. The SMILES string of the molecule is O=C([C@@H]1CC=CCC1)N1CCC(Oc2ncccc2Br)CC1. The van der Waals surface area contributed by atoms with Crippen molar-refractivity contribution in [3.63, 3.8) is 0 Å². The second kappa shape index (κ2) is 7.27. The average Bonchev–Trinajstić information content (AvgIpc) is 2.58. The molecule has 3 rings (SSSR count). The van der Waals surface area contributed by atoms with Gasteiger partial charge >= 0.3 is 0 Å². The van der Waals surface area contributed by atoms with Gasteiger partial charge in [-0.2, -0.15) is 0 Å². The molecule has 1 aliphatic carbocycles. The molecule has 4 nitrogen and oxygen atoms in total. The number of carbonyl (C=O) groups is 1. The first-order valence-corrected chi connectivity index (χ1v) is 8.74. The fraction of sp³-hybridized carbons (Fsp3) is 0.529. The number of hydrogen-bond acceptors (Lipinski definition) is 3. The second-order valence-corrected chi connectivity index (χ2v) is 6.77. The molecule has 0 N–H and O–H groups in total. The highest BCUT2D eigenvalue weighted by molar-refractivity contribution is 9.10. The standard InChI is InChI=1S/C17H21BrN2O2/c18-15-7-4-10-19-16(15)22-14-8-11-20(12-9-14)17(21)13-5-2-1-3-6-13/h1-2,4,7,10,13-14H,3,5-6,8-9,11-12H2/t13-/m1/s1. The van der Waals surface area contributed by atoms with Gasteiger partial charge in [0.1, 0.15) is 6.10 Å². The Morgan fingerprint density at radius 3 is 2.77 bits per heavy atom. The van der Waals surface area contributed by atoms with Crippen LogP contribution in [0.3, 0.4) is 0 Å². The highest BCUT2D eigenvalue weighted by Crippen LogP contribution is 2.26. The molecule has 1 saturated heterocycles. The van der Waals surface area contributed by atoms with Gasteiger partial charge in [0.25, 0.3) is 0 Å². The van der Waals surface area contributed by atoms with E-state index in [4.69, 9.17) is 4.74 Å². The molecular weight excluding hydrogens is 344 g/mol. The number of allylic oxidation sites excluding steroid dienone is 2. The Kier molecular flexibility index (Phi) is 5.13. The van der Waals surface area contributed by atoms with Crippen LogP contribution in [0.4, 0.5) is 0 Å². The van der Waals surface area contributed by atoms with Crippen molar-refractivity contribution >= 4 is 21.8 Å². The van der Waals surface area contributed by atoms with E-state index in [-0.39, 0.29) is 12.0 Å². The van der Waals surface area contributed by atoms with Crippen LogP contribution in [0.5, 0.6) is 5.88 Å². The van der Waals surface area contributed by atoms with Crippen LogP contribution in [0.1, 0.15) is 32.1 Å². The van der Waals surface area contributed by atoms with Gasteiger partial charge in [0.15, 0.2) is 0 Å². The predicted octanol–water partition coefficient (Wildman–Crippen LogP) is 3.57. The molecule has 118 valence electrons. The molecule has 22 heavy (non-hydrogen) atoms. The van der Waals surface area contributed by atoms with Crippen LogP contribution in [-0.2, 0) is 4.79 Å². The maximum Gasteiger partial charge on any atom is 0.228 e. The van der Waals surface area contributed by atoms with E-state index in [0.29, 0.717) is 11.8 Å². The first-order valence-electron chi connectivity index (χ1n) is 7.95. The molecule has 1 aromatic heterocycles. The Bertz CT molecular complexity index is 553. The Labute approximate surface area is 139 Å². The van der Waals surface area contributed by atoms with Crippen molar-refractivity contribution in [2.45, 2.75) is 38.2 Å². The van der Waals surface area contributed by atoms with E-state index >= 15 is 0 Å². The number of rotatable bonds is 3. The van der Waals surface area contributed by atoms with E-state index in [1.807, 2.05) is 17.0 Å². The van der Waals surface area contributed by atoms with E-state index in [1.165, 1.54) is 0 Å². The number of ether oxygens (including phenoxy) is 1. The molecule has 1 aromatic rings. The molecule has 5 heteroatoms. The number of pyridine rings is 1. The fourth-order valence-electron chi connectivity index (χ4n) is 3.09. The molecule has 1 amide bonds. The summed E-state index contributed by atoms with van der Waals surface area (Å²) in [7, 11) is 0. The van der Waals surface area contributed by atoms with Crippen molar-refractivity contribution in [2.24, 2.45) is 5.92 Å². The van der Waals surface area contributed by atoms with E-state index < -0.39 is 0 Å². The Morgan fingerprint density at radius 2 is 2.09 bits per heavy atom. The molecule has 1 atom stereocenters. The average molecular weight is 365 g/mol. The van der Waals surface area contributed by atoms with Crippen molar-refractivity contribution in [3.8, 4) is 5.88 Å². The van der Waals surface area contributed by atoms with Crippen molar-refractivity contribution in [3.05, 3.63) is 35.0 Å². The Hall–Kier alpha value is -1.36. The summed E-state index contributed by atoms with van der Waals surface area (Å²) >= 11 is 3.45. The minimum Gasteiger partial charge on any atom is -0.473 e. The number of aromatic nitrogens is 1. The lowest BCUT2D eigenvalue weighted by molar-refractivity contribution is -0.137. The summed E-state index contributed by atoms with van der Waals surface area (Å²) in [4.78, 5) is 18.8. The number of halogens is 1. The quantitative estimate of drug-likeness (QED) is 0.769. The van der Waals surface area contributed by atoms with Crippen LogP contribution in [0.25, 0.3) is 0 Å². The molecule has 1 fully saturated rings. The first-order chi connectivity index (χ1) is 10.7. The van der Waals surface area contributed by atoms with Gasteiger partial charge in [0.2, 0.25) is 11.8 Å². The van der Waals surface area contributed by atoms with Crippen molar-refractivity contribution < 1.29 is 9.53 Å². The zero-order chi connectivity index (χ0) is 15.4. The lowest BCUT2D eigenvalue weighted by atomic mass is 9.92. The Morgan fingerprint density at radius 1 is 1.27 bits per heavy atom. The van der Waals surface area contributed by atoms with Crippen LogP contribution in [0, 0.1) is 5.92 Å². The maximum absolute atomic E-state index is 12.5. The summed E-state index contributed by atoms with van der Waals surface area (Å²) in [6, 6.07) is 3.80. The van der Waals surface area contributed by atoms with Gasteiger partial charge in [0, 0.05) is 38.0 Å². The van der Waals surface area contributed by atoms with Crippen molar-refractivity contribution in [2.75, 3.05) is 13.1 Å². The van der Waals surface area contributed by atoms with Crippen LogP contribution in [-0.4, -0.2) is 35.0 Å². The van der Waals surface area contributed by atoms with E-state index in [9.17, 15) is 4.79 Å². The van der Waals surface area contributed by atoms with Gasteiger partial charge in [-0.25, -0.2) is 4.98 Å². The molecule has 0 spiro atoms. The number of likely N-dealkylation sites (tertiary alicyclic amines) is 1. The topological polar surface area (TPSA) is 42.4 Å². The number of piperidine rings is 1. The van der Waals surface area contributed by atoms with Gasteiger partial charge in [-0.05, 0) is 47.3 Å². The third-order valence-corrected chi connectivity index (χ3v) is 4.98. The summed E-state index contributed by atoms with van der Waals surface area (Å²) < 4.78 is 6.83. The summed E-state index contributed by atoms with van der Waals surface area (Å²) in [6.07, 6.45) is 10.9. The van der Waals surface area contributed by atoms with Gasteiger partial charge in [-0.3, -0.25) is 4.79 Å². The summed E-state index contributed by atoms with van der Waals surface area (Å²) in [5.41, 5.74) is 0. The molecule has 0 unspecified atom stereocenters. The molecule has 1 aliphatic heterocycles. The third kappa shape index (κ3) is 3.69. The first kappa shape index (κ1) is 15.5. The lowest BCUT2D eigenvalue weighted by Gasteiger charge is -2.34. The van der Waals surface area contributed by atoms with Gasteiger partial charge in [-0.15, -0.1) is 0 Å². The van der Waals surface area contributed by atoms with Crippen LogP contribution < -0.4 is 4.74 Å². The van der Waals surface area contributed by atoms with E-state index in [0.717, 1.165) is 49.7 Å². The maximum atomic E-state index is 12.5.